The van der Waals surface area contributed by atoms with Gasteiger partial charge in [0.1, 0.15) is 11.4 Å². The van der Waals surface area contributed by atoms with Crippen molar-refractivity contribution in [2.24, 2.45) is 5.92 Å². The minimum atomic E-state index is -2.92. The van der Waals surface area contributed by atoms with E-state index in [4.69, 9.17) is 9.47 Å². The number of amides is 1. The van der Waals surface area contributed by atoms with Crippen LogP contribution in [0.25, 0.3) is 11.0 Å². The molecule has 3 aromatic rings. The smallest absolute Gasteiger partial charge is 0.415 e. The Bertz CT molecular complexity index is 1280. The first-order valence-corrected chi connectivity index (χ1v) is 11.3. The van der Waals surface area contributed by atoms with E-state index in [1.807, 2.05) is 13.0 Å². The van der Waals surface area contributed by atoms with Crippen molar-refractivity contribution in [3.8, 4) is 11.8 Å². The molecular weight excluding hydrogens is 442 g/mol. The highest BCUT2D eigenvalue weighted by atomic mass is 19.3. The zero-order valence-corrected chi connectivity index (χ0v) is 18.7. The van der Waals surface area contributed by atoms with Gasteiger partial charge in [0, 0.05) is 18.9 Å². The molecule has 2 aromatic carbocycles. The molecule has 1 amide bonds. The van der Waals surface area contributed by atoms with Crippen molar-refractivity contribution in [1.29, 1.82) is 5.26 Å². The third-order valence-corrected chi connectivity index (χ3v) is 6.72. The normalized spacial score (nSPS) is 23.8. The van der Waals surface area contributed by atoms with E-state index in [0.29, 0.717) is 34.6 Å². The molecule has 1 saturated carbocycles. The summed E-state index contributed by atoms with van der Waals surface area (Å²) < 4.78 is 43.2. The summed E-state index contributed by atoms with van der Waals surface area (Å²) in [5.41, 5.74) is 1.28. The highest BCUT2D eigenvalue weighted by Gasteiger charge is 2.56. The lowest BCUT2D eigenvalue weighted by atomic mass is 9.75. The molecule has 34 heavy (non-hydrogen) atoms. The maximum absolute atomic E-state index is 15.1. The number of rotatable bonds is 5. The van der Waals surface area contributed by atoms with E-state index < -0.39 is 23.5 Å². The Labute approximate surface area is 195 Å². The molecule has 2 heterocycles. The molecule has 1 aliphatic carbocycles. The number of fused-ring (bicyclic) bond motifs is 1. The Hall–Kier alpha value is -3.67. The number of carbonyl (C=O) groups excluding carboxylic acids is 1. The summed E-state index contributed by atoms with van der Waals surface area (Å²) in [6, 6.07) is 14.2. The average Bonchev–Trinajstić information content (AvgIpc) is 3.37. The van der Waals surface area contributed by atoms with Gasteiger partial charge in [0.2, 0.25) is 0 Å². The van der Waals surface area contributed by atoms with Crippen LogP contribution in [0.1, 0.15) is 31.7 Å². The quantitative estimate of drug-likeness (QED) is 0.520. The van der Waals surface area contributed by atoms with Gasteiger partial charge in [-0.3, -0.25) is 4.90 Å². The molecule has 1 saturated heterocycles. The number of carbonyl (C=O) groups is 1. The summed E-state index contributed by atoms with van der Waals surface area (Å²) in [6.45, 7) is 2.48. The molecule has 1 spiro atoms. The number of benzene rings is 2. The van der Waals surface area contributed by atoms with Gasteiger partial charge in [-0.1, -0.05) is 12.1 Å². The van der Waals surface area contributed by atoms with Crippen LogP contribution in [-0.2, 0) is 11.3 Å². The van der Waals surface area contributed by atoms with Gasteiger partial charge in [-0.05, 0) is 50.1 Å². The van der Waals surface area contributed by atoms with Crippen molar-refractivity contribution in [3.05, 3.63) is 54.4 Å². The van der Waals surface area contributed by atoms with Crippen molar-refractivity contribution >= 4 is 22.8 Å². The zero-order chi connectivity index (χ0) is 23.9. The molecule has 7 nitrogen and oxygen atoms in total. The fourth-order valence-corrected chi connectivity index (χ4v) is 5.01. The third-order valence-electron chi connectivity index (χ3n) is 6.72. The molecule has 0 radical (unpaired) electrons. The highest BCUT2D eigenvalue weighted by Crippen LogP contribution is 2.49. The fourth-order valence-electron chi connectivity index (χ4n) is 5.01. The van der Waals surface area contributed by atoms with Crippen LogP contribution in [-0.4, -0.2) is 40.3 Å². The number of para-hydroxylation sites is 2. The molecule has 2 aliphatic rings. The van der Waals surface area contributed by atoms with Gasteiger partial charge in [0.15, 0.2) is 0 Å². The Morgan fingerprint density at radius 2 is 2.09 bits per heavy atom. The van der Waals surface area contributed by atoms with E-state index in [1.54, 1.807) is 41.0 Å². The maximum atomic E-state index is 15.1. The molecule has 0 bridgehead atoms. The third kappa shape index (κ3) is 3.83. The summed E-state index contributed by atoms with van der Waals surface area (Å²) >= 11 is 0. The largest absolute Gasteiger partial charge is 0.492 e. The van der Waals surface area contributed by atoms with Crippen LogP contribution < -0.4 is 9.64 Å². The Balaban J connectivity index is 1.41. The Morgan fingerprint density at radius 3 is 2.88 bits per heavy atom. The van der Waals surface area contributed by atoms with Crippen LogP contribution in [0.3, 0.4) is 0 Å². The van der Waals surface area contributed by atoms with Crippen LogP contribution in [0.15, 0.2) is 48.8 Å². The Morgan fingerprint density at radius 1 is 1.26 bits per heavy atom. The predicted octanol–water partition coefficient (Wildman–Crippen LogP) is 5.14. The lowest BCUT2D eigenvalue weighted by Crippen LogP contribution is -2.48. The number of hydrogen-bond acceptors (Lipinski definition) is 5. The first-order valence-electron chi connectivity index (χ1n) is 11.3. The molecule has 1 aromatic heterocycles. The first-order chi connectivity index (χ1) is 16.3. The van der Waals surface area contributed by atoms with Crippen LogP contribution in [0.5, 0.6) is 5.75 Å². The highest BCUT2D eigenvalue weighted by molar-refractivity contribution is 5.92. The van der Waals surface area contributed by atoms with E-state index in [2.05, 4.69) is 11.1 Å². The van der Waals surface area contributed by atoms with E-state index in [9.17, 15) is 10.1 Å². The van der Waals surface area contributed by atoms with E-state index in [1.165, 1.54) is 11.2 Å². The number of alkyl halides is 2. The second kappa shape index (κ2) is 8.28. The maximum Gasteiger partial charge on any atom is 0.415 e. The lowest BCUT2D eigenvalue weighted by molar-refractivity contribution is -0.139. The monoisotopic (exact) mass is 466 g/mol. The number of imidazole rings is 1. The number of aromatic nitrogens is 2. The van der Waals surface area contributed by atoms with E-state index in [-0.39, 0.29) is 32.4 Å². The molecule has 9 heteroatoms. The van der Waals surface area contributed by atoms with Crippen molar-refractivity contribution in [2.75, 3.05) is 18.1 Å². The van der Waals surface area contributed by atoms with Crippen LogP contribution in [0.2, 0.25) is 0 Å². The topological polar surface area (TPSA) is 80.4 Å². The van der Waals surface area contributed by atoms with Gasteiger partial charge < -0.3 is 14.0 Å². The summed E-state index contributed by atoms with van der Waals surface area (Å²) in [5, 5.41) is 9.20. The molecule has 5 rings (SSSR count). The number of hydrogen-bond donors (Lipinski definition) is 0. The minimum absolute atomic E-state index is 0.00716. The van der Waals surface area contributed by atoms with Crippen molar-refractivity contribution in [3.63, 3.8) is 0 Å². The van der Waals surface area contributed by atoms with E-state index >= 15 is 8.78 Å². The zero-order valence-electron chi connectivity index (χ0n) is 18.7. The number of halogens is 2. The fraction of sp³-hybridized carbons (Fsp3) is 0.400. The second-order valence-corrected chi connectivity index (χ2v) is 8.91. The number of anilines is 1. The van der Waals surface area contributed by atoms with Gasteiger partial charge in [-0.2, -0.15) is 5.26 Å². The minimum Gasteiger partial charge on any atom is -0.492 e. The summed E-state index contributed by atoms with van der Waals surface area (Å²) in [7, 11) is 0. The van der Waals surface area contributed by atoms with Crippen molar-refractivity contribution in [1.82, 2.24) is 9.55 Å². The van der Waals surface area contributed by atoms with E-state index in [0.717, 1.165) is 0 Å². The first kappa shape index (κ1) is 22.1. The number of ether oxygens (including phenoxy) is 2. The van der Waals surface area contributed by atoms with Gasteiger partial charge in [0.05, 0.1) is 47.8 Å². The van der Waals surface area contributed by atoms with Crippen molar-refractivity contribution < 1.29 is 23.0 Å². The van der Waals surface area contributed by atoms with Gasteiger partial charge >= 0.3 is 6.09 Å². The standard InChI is InChI=1S/C25H24F2N4O3/c1-2-33-22-6-4-3-5-20(22)31-15-24(34-23(31)32)9-10-25(26,27)18(12-24)14-30-16-29-19-8-7-17(13-28)11-21(19)30/h3-8,11,16,18H,2,9-10,12,14-15H2,1H3. The van der Waals surface area contributed by atoms with Crippen LogP contribution >= 0.6 is 0 Å². The molecule has 176 valence electrons. The number of nitrogens with zero attached hydrogens (tertiary/aromatic N) is 4. The molecule has 2 fully saturated rings. The molecule has 0 N–H and O–H groups in total. The van der Waals surface area contributed by atoms with Crippen LogP contribution in [0.4, 0.5) is 19.3 Å². The van der Waals surface area contributed by atoms with Gasteiger partial charge in [-0.25, -0.2) is 18.6 Å². The predicted molar refractivity (Wildman–Crippen MR) is 121 cm³/mol. The SMILES string of the molecule is CCOc1ccccc1N1CC2(CCC(F)(F)C(Cn3cnc4ccc(C#N)cc43)C2)OC1=O. The van der Waals surface area contributed by atoms with Gasteiger partial charge in [-0.15, -0.1) is 0 Å². The average molecular weight is 466 g/mol. The molecule has 2 unspecified atom stereocenters. The number of nitriles is 1. The molecule has 1 aliphatic heterocycles. The summed E-state index contributed by atoms with van der Waals surface area (Å²) in [6.07, 6.45) is 0.703. The Kier molecular flexibility index (Phi) is 5.39. The summed E-state index contributed by atoms with van der Waals surface area (Å²) in [4.78, 5) is 18.6. The van der Waals surface area contributed by atoms with Crippen LogP contribution in [0, 0.1) is 17.2 Å². The summed E-state index contributed by atoms with van der Waals surface area (Å²) in [5.74, 6) is -3.42. The van der Waals surface area contributed by atoms with Crippen molar-refractivity contribution in [2.45, 2.75) is 44.3 Å². The molecular formula is C25H24F2N4O3. The van der Waals surface area contributed by atoms with Gasteiger partial charge in [0.25, 0.3) is 5.92 Å². The second-order valence-electron chi connectivity index (χ2n) is 8.91. The molecule has 2 atom stereocenters. The lowest BCUT2D eigenvalue weighted by Gasteiger charge is -2.41.